The molecule has 35 heavy (non-hydrogen) atoms. The van der Waals surface area contributed by atoms with E-state index in [0.29, 0.717) is 18.8 Å². The summed E-state index contributed by atoms with van der Waals surface area (Å²) in [4.78, 5) is 12.0. The van der Waals surface area contributed by atoms with Crippen LogP contribution in [-0.2, 0) is 32.6 Å². The fraction of sp³-hybridized carbons (Fsp3) is 0.259. The Morgan fingerprint density at radius 3 is 2.06 bits per heavy atom. The van der Waals surface area contributed by atoms with E-state index in [9.17, 15) is 13.2 Å². The Balaban J connectivity index is 1.69. The fourth-order valence-corrected chi connectivity index (χ4v) is 4.84. The summed E-state index contributed by atoms with van der Waals surface area (Å²) >= 11 is 0. The van der Waals surface area contributed by atoms with Gasteiger partial charge < -0.3 is 9.47 Å². The van der Waals surface area contributed by atoms with Gasteiger partial charge >= 0.3 is 5.97 Å². The van der Waals surface area contributed by atoms with Crippen molar-refractivity contribution in [1.82, 2.24) is 4.72 Å². The number of carbonyl (C=O) groups is 1. The molecule has 0 fully saturated rings. The topological polar surface area (TPSA) is 105 Å². The van der Waals surface area contributed by atoms with Crippen molar-refractivity contribution >= 4 is 16.0 Å². The monoisotopic (exact) mass is 492 g/mol. The van der Waals surface area contributed by atoms with Crippen LogP contribution in [-0.4, -0.2) is 27.5 Å². The first-order valence-corrected chi connectivity index (χ1v) is 12.6. The maximum absolute atomic E-state index is 12.8. The molecule has 3 rings (SSSR count). The third-order valence-electron chi connectivity index (χ3n) is 5.54. The number of rotatable bonds is 10. The van der Waals surface area contributed by atoms with Gasteiger partial charge in [0.2, 0.25) is 10.0 Å². The van der Waals surface area contributed by atoms with Gasteiger partial charge in [-0.15, -0.1) is 0 Å². The molecule has 8 heteroatoms. The SMILES string of the molecule is COC(=O)[C@H](NS(=O)(=O)c1ccc(-c2ccc(OCc3ccccc3CC#N)cc2)cc1)C(C)C. The molecule has 1 N–H and O–H groups in total. The summed E-state index contributed by atoms with van der Waals surface area (Å²) in [6, 6.07) is 22.8. The number of carbonyl (C=O) groups excluding carboxylic acids is 1. The third kappa shape index (κ3) is 6.69. The van der Waals surface area contributed by atoms with Gasteiger partial charge in [-0.2, -0.15) is 9.98 Å². The second-order valence-corrected chi connectivity index (χ2v) is 10.0. The average Bonchev–Trinajstić information content (AvgIpc) is 2.87. The second-order valence-electron chi connectivity index (χ2n) is 8.31. The molecule has 0 aromatic heterocycles. The van der Waals surface area contributed by atoms with E-state index in [0.717, 1.165) is 22.3 Å². The van der Waals surface area contributed by atoms with Gasteiger partial charge in [-0.05, 0) is 52.4 Å². The Kier molecular flexibility index (Phi) is 8.63. The van der Waals surface area contributed by atoms with Crippen LogP contribution in [0.5, 0.6) is 5.75 Å². The molecule has 0 unspecified atom stereocenters. The van der Waals surface area contributed by atoms with E-state index in [2.05, 4.69) is 10.8 Å². The largest absolute Gasteiger partial charge is 0.489 e. The van der Waals surface area contributed by atoms with Gasteiger partial charge in [0.1, 0.15) is 18.4 Å². The molecular weight excluding hydrogens is 464 g/mol. The van der Waals surface area contributed by atoms with E-state index in [1.807, 2.05) is 48.5 Å². The zero-order valence-corrected chi connectivity index (χ0v) is 20.7. The van der Waals surface area contributed by atoms with Crippen LogP contribution in [0.15, 0.2) is 77.7 Å². The zero-order chi connectivity index (χ0) is 25.4. The summed E-state index contributed by atoms with van der Waals surface area (Å²) in [5.41, 5.74) is 3.65. The standard InChI is InChI=1S/C27H28N2O5S/c1-19(2)26(27(30)33-3)29-35(31,32)25-14-10-22(11-15-25)21-8-12-24(13-9-21)34-18-23-7-5-4-6-20(23)16-17-28/h4-15,19,26,29H,16,18H2,1-3H3/t26-/m1/s1. The Bertz CT molecular complexity index is 1290. The third-order valence-corrected chi connectivity index (χ3v) is 7.00. The van der Waals surface area contributed by atoms with Gasteiger partial charge in [0.15, 0.2) is 0 Å². The predicted molar refractivity (Wildman–Crippen MR) is 133 cm³/mol. The lowest BCUT2D eigenvalue weighted by molar-refractivity contribution is -0.143. The predicted octanol–water partition coefficient (Wildman–Crippen LogP) is 4.47. The van der Waals surface area contributed by atoms with E-state index in [1.165, 1.54) is 19.2 Å². The molecule has 7 nitrogen and oxygen atoms in total. The molecule has 0 heterocycles. The maximum atomic E-state index is 12.8. The molecule has 0 saturated heterocycles. The first kappa shape index (κ1) is 25.9. The highest BCUT2D eigenvalue weighted by atomic mass is 32.2. The molecule has 0 aliphatic heterocycles. The normalized spacial score (nSPS) is 12.1. The number of methoxy groups -OCH3 is 1. The molecule has 0 aliphatic carbocycles. The Labute approximate surface area is 206 Å². The van der Waals surface area contributed by atoms with Crippen molar-refractivity contribution in [1.29, 1.82) is 5.26 Å². The molecule has 0 radical (unpaired) electrons. The zero-order valence-electron chi connectivity index (χ0n) is 19.9. The van der Waals surface area contributed by atoms with Gasteiger partial charge in [-0.3, -0.25) is 4.79 Å². The van der Waals surface area contributed by atoms with Crippen molar-refractivity contribution in [2.45, 2.75) is 37.8 Å². The summed E-state index contributed by atoms with van der Waals surface area (Å²) in [5.74, 6) is -0.209. The number of hydrogen-bond donors (Lipinski definition) is 1. The van der Waals surface area contributed by atoms with E-state index in [4.69, 9.17) is 14.7 Å². The lowest BCUT2D eigenvalue weighted by Crippen LogP contribution is -2.44. The highest BCUT2D eigenvalue weighted by Gasteiger charge is 2.29. The van der Waals surface area contributed by atoms with Crippen molar-refractivity contribution in [3.8, 4) is 22.9 Å². The van der Waals surface area contributed by atoms with Crippen molar-refractivity contribution < 1.29 is 22.7 Å². The maximum Gasteiger partial charge on any atom is 0.324 e. The van der Waals surface area contributed by atoms with E-state index < -0.39 is 22.0 Å². The Hall–Kier alpha value is -3.67. The molecule has 1 atom stereocenters. The van der Waals surface area contributed by atoms with Crippen LogP contribution in [0.1, 0.15) is 25.0 Å². The van der Waals surface area contributed by atoms with Crippen LogP contribution in [0.2, 0.25) is 0 Å². The number of nitriles is 1. The van der Waals surface area contributed by atoms with Gasteiger partial charge in [0, 0.05) is 0 Å². The number of sulfonamides is 1. The lowest BCUT2D eigenvalue weighted by atomic mass is 10.1. The summed E-state index contributed by atoms with van der Waals surface area (Å²) in [7, 11) is -2.67. The fourth-order valence-electron chi connectivity index (χ4n) is 3.51. The minimum Gasteiger partial charge on any atom is -0.489 e. The molecule has 0 spiro atoms. The smallest absolute Gasteiger partial charge is 0.324 e. The second kappa shape index (κ2) is 11.6. The van der Waals surface area contributed by atoms with Crippen LogP contribution < -0.4 is 9.46 Å². The van der Waals surface area contributed by atoms with E-state index >= 15 is 0 Å². The number of nitrogens with one attached hydrogen (secondary N) is 1. The van der Waals surface area contributed by atoms with Crippen LogP contribution in [0, 0.1) is 17.2 Å². The van der Waals surface area contributed by atoms with Gasteiger partial charge in [-0.25, -0.2) is 8.42 Å². The van der Waals surface area contributed by atoms with Crippen molar-refractivity contribution in [3.05, 3.63) is 83.9 Å². The molecule has 0 saturated carbocycles. The van der Waals surface area contributed by atoms with E-state index in [1.54, 1.807) is 26.0 Å². The average molecular weight is 493 g/mol. The summed E-state index contributed by atoms with van der Waals surface area (Å²) < 4.78 is 38.5. The summed E-state index contributed by atoms with van der Waals surface area (Å²) in [6.45, 7) is 3.84. The molecule has 182 valence electrons. The van der Waals surface area contributed by atoms with Gasteiger partial charge in [0.05, 0.1) is 24.5 Å². The number of benzene rings is 3. The van der Waals surface area contributed by atoms with Crippen molar-refractivity contribution in [2.75, 3.05) is 7.11 Å². The Morgan fingerprint density at radius 2 is 1.51 bits per heavy atom. The van der Waals surface area contributed by atoms with Gasteiger partial charge in [-0.1, -0.05) is 62.4 Å². The highest BCUT2D eigenvalue weighted by Crippen LogP contribution is 2.25. The molecule has 0 bridgehead atoms. The first-order valence-electron chi connectivity index (χ1n) is 11.1. The highest BCUT2D eigenvalue weighted by molar-refractivity contribution is 7.89. The Morgan fingerprint density at radius 1 is 0.943 bits per heavy atom. The first-order chi connectivity index (χ1) is 16.7. The summed E-state index contributed by atoms with van der Waals surface area (Å²) in [6.07, 6.45) is 0.334. The number of esters is 1. The van der Waals surface area contributed by atoms with Crippen molar-refractivity contribution in [3.63, 3.8) is 0 Å². The minimum absolute atomic E-state index is 0.0618. The van der Waals surface area contributed by atoms with Crippen LogP contribution in [0.4, 0.5) is 0 Å². The molecule has 0 amide bonds. The number of nitrogens with zero attached hydrogens (tertiary/aromatic N) is 1. The lowest BCUT2D eigenvalue weighted by Gasteiger charge is -2.19. The quantitative estimate of drug-likeness (QED) is 0.419. The van der Waals surface area contributed by atoms with Crippen molar-refractivity contribution in [2.24, 2.45) is 5.92 Å². The molecular formula is C27H28N2O5S. The molecule has 3 aromatic rings. The summed E-state index contributed by atoms with van der Waals surface area (Å²) in [5, 5.41) is 8.98. The van der Waals surface area contributed by atoms with Crippen LogP contribution in [0.3, 0.4) is 0 Å². The van der Waals surface area contributed by atoms with Crippen LogP contribution in [0.25, 0.3) is 11.1 Å². The molecule has 3 aromatic carbocycles. The number of ether oxygens (including phenoxy) is 2. The number of hydrogen-bond acceptors (Lipinski definition) is 6. The van der Waals surface area contributed by atoms with E-state index in [-0.39, 0.29) is 10.8 Å². The minimum atomic E-state index is -3.90. The molecule has 0 aliphatic rings. The van der Waals surface area contributed by atoms with Crippen LogP contribution >= 0.6 is 0 Å². The van der Waals surface area contributed by atoms with Gasteiger partial charge in [0.25, 0.3) is 0 Å².